The third-order valence-electron chi connectivity index (χ3n) is 5.28. The fourth-order valence-corrected chi connectivity index (χ4v) is 3.35. The number of quaternary nitrogens is 1. The first-order valence-corrected chi connectivity index (χ1v) is 9.25. The van der Waals surface area contributed by atoms with Crippen molar-refractivity contribution in [2.24, 2.45) is 0 Å². The van der Waals surface area contributed by atoms with E-state index in [0.29, 0.717) is 6.54 Å². The van der Waals surface area contributed by atoms with E-state index in [9.17, 15) is 4.79 Å². The topological polar surface area (TPSA) is 29.1 Å². The lowest BCUT2D eigenvalue weighted by atomic mass is 10.1. The van der Waals surface area contributed by atoms with Crippen molar-refractivity contribution in [1.82, 2.24) is 0 Å². The van der Waals surface area contributed by atoms with Crippen LogP contribution in [-0.2, 0) is 11.2 Å². The molecule has 0 fully saturated rings. The van der Waals surface area contributed by atoms with Crippen LogP contribution in [-0.4, -0.2) is 36.6 Å². The van der Waals surface area contributed by atoms with Gasteiger partial charge in [0, 0.05) is 12.1 Å². The molecular formula is C22H31BrN2O. The molecule has 0 saturated carbocycles. The van der Waals surface area contributed by atoms with Crippen molar-refractivity contribution in [3.63, 3.8) is 0 Å². The Morgan fingerprint density at radius 1 is 0.923 bits per heavy atom. The predicted octanol–water partition coefficient (Wildman–Crippen LogP) is 1.35. The van der Waals surface area contributed by atoms with Gasteiger partial charge in [0.2, 0.25) is 0 Å². The first-order valence-electron chi connectivity index (χ1n) is 9.25. The van der Waals surface area contributed by atoms with E-state index < -0.39 is 0 Å². The maximum absolute atomic E-state index is 12.7. The van der Waals surface area contributed by atoms with Gasteiger partial charge in [-0.05, 0) is 44.4 Å². The molecule has 0 bridgehead atoms. The third-order valence-corrected chi connectivity index (χ3v) is 5.28. The molecule has 2 rings (SSSR count). The lowest BCUT2D eigenvalue weighted by molar-refractivity contribution is -0.917. The molecule has 2 aromatic carbocycles. The summed E-state index contributed by atoms with van der Waals surface area (Å²) in [6, 6.07) is 16.6. The summed E-state index contributed by atoms with van der Waals surface area (Å²) in [6.45, 7) is 11.9. The minimum absolute atomic E-state index is 0. The van der Waals surface area contributed by atoms with Gasteiger partial charge in [0.25, 0.3) is 5.91 Å². The van der Waals surface area contributed by atoms with Crippen LogP contribution in [0.1, 0.15) is 30.5 Å². The molecule has 0 unspecified atom stereocenters. The number of anilines is 1. The molecule has 0 atom stereocenters. The molecule has 0 radical (unpaired) electrons. The molecule has 4 heteroatoms. The SMILES string of the molecule is CC[N+](CC)(CCc1ccccc1)CC(=O)Nc1c(C)cccc1C.[Br-]. The van der Waals surface area contributed by atoms with Crippen molar-refractivity contribution in [2.75, 3.05) is 31.5 Å². The second-order valence-corrected chi connectivity index (χ2v) is 6.91. The minimum Gasteiger partial charge on any atom is -1.00 e. The van der Waals surface area contributed by atoms with Crippen LogP contribution in [0.5, 0.6) is 0 Å². The van der Waals surface area contributed by atoms with Gasteiger partial charge in [-0.15, -0.1) is 0 Å². The molecule has 3 nitrogen and oxygen atoms in total. The largest absolute Gasteiger partial charge is 1.00 e. The summed E-state index contributed by atoms with van der Waals surface area (Å²) in [5.41, 5.74) is 4.52. The quantitative estimate of drug-likeness (QED) is 0.644. The average Bonchev–Trinajstić information content (AvgIpc) is 2.63. The van der Waals surface area contributed by atoms with E-state index in [0.717, 1.165) is 47.4 Å². The van der Waals surface area contributed by atoms with Crippen molar-refractivity contribution < 1.29 is 26.3 Å². The van der Waals surface area contributed by atoms with Crippen LogP contribution in [0.4, 0.5) is 5.69 Å². The summed E-state index contributed by atoms with van der Waals surface area (Å²) < 4.78 is 0.811. The number of para-hydroxylation sites is 1. The first kappa shape index (κ1) is 22.4. The monoisotopic (exact) mass is 418 g/mol. The van der Waals surface area contributed by atoms with Crippen LogP contribution < -0.4 is 22.3 Å². The summed E-state index contributed by atoms with van der Waals surface area (Å²) in [5.74, 6) is 0.106. The van der Waals surface area contributed by atoms with Gasteiger partial charge in [-0.1, -0.05) is 48.5 Å². The van der Waals surface area contributed by atoms with Crippen LogP contribution in [0.15, 0.2) is 48.5 Å². The number of halogens is 1. The molecule has 2 aromatic rings. The van der Waals surface area contributed by atoms with E-state index in [1.807, 2.05) is 38.1 Å². The third kappa shape index (κ3) is 5.96. The fraction of sp³-hybridized carbons (Fsp3) is 0.409. The molecule has 0 spiro atoms. The molecule has 1 N–H and O–H groups in total. The Morgan fingerprint density at radius 2 is 1.50 bits per heavy atom. The molecule has 0 aromatic heterocycles. The van der Waals surface area contributed by atoms with Crippen molar-refractivity contribution in [3.8, 4) is 0 Å². The van der Waals surface area contributed by atoms with E-state index in [1.165, 1.54) is 5.56 Å². The summed E-state index contributed by atoms with van der Waals surface area (Å²) in [4.78, 5) is 12.7. The zero-order valence-corrected chi connectivity index (χ0v) is 18.0. The summed E-state index contributed by atoms with van der Waals surface area (Å²) >= 11 is 0. The number of amides is 1. The van der Waals surface area contributed by atoms with Gasteiger partial charge in [0.15, 0.2) is 6.54 Å². The first-order chi connectivity index (χ1) is 12.0. The van der Waals surface area contributed by atoms with Crippen LogP contribution in [0, 0.1) is 13.8 Å². The van der Waals surface area contributed by atoms with Crippen molar-refractivity contribution in [1.29, 1.82) is 0 Å². The van der Waals surface area contributed by atoms with E-state index in [4.69, 9.17) is 0 Å². The Morgan fingerprint density at radius 3 is 2.04 bits per heavy atom. The Labute approximate surface area is 168 Å². The number of carbonyl (C=O) groups is 1. The normalized spacial score (nSPS) is 10.9. The molecular weight excluding hydrogens is 388 g/mol. The zero-order chi connectivity index (χ0) is 18.3. The number of hydrogen-bond acceptors (Lipinski definition) is 1. The van der Waals surface area contributed by atoms with Gasteiger partial charge in [-0.3, -0.25) is 4.79 Å². The summed E-state index contributed by atoms with van der Waals surface area (Å²) in [5, 5.41) is 3.15. The van der Waals surface area contributed by atoms with Gasteiger partial charge in [-0.25, -0.2) is 0 Å². The molecule has 1 amide bonds. The van der Waals surface area contributed by atoms with Crippen LogP contribution in [0.2, 0.25) is 0 Å². The predicted molar refractivity (Wildman–Crippen MR) is 106 cm³/mol. The number of nitrogens with one attached hydrogen (secondary N) is 1. The standard InChI is InChI=1S/C22H30N2O.BrH/c1-5-24(6-2,16-15-20-13-8-7-9-14-20)17-21(25)23-22-18(3)11-10-12-19(22)4;/h7-14H,5-6,15-17H2,1-4H3;1H. The minimum atomic E-state index is 0. The highest BCUT2D eigenvalue weighted by atomic mass is 79.9. The second kappa shape index (κ2) is 10.5. The number of nitrogens with zero attached hydrogens (tertiary/aromatic N) is 1. The van der Waals surface area contributed by atoms with Crippen LogP contribution >= 0.6 is 0 Å². The molecule has 0 aliphatic rings. The molecule has 0 saturated heterocycles. The summed E-state index contributed by atoms with van der Waals surface area (Å²) in [7, 11) is 0. The number of benzene rings is 2. The Hall–Kier alpha value is -1.65. The Kier molecular flexibility index (Phi) is 9.03. The summed E-state index contributed by atoms with van der Waals surface area (Å²) in [6.07, 6.45) is 0.999. The zero-order valence-electron chi connectivity index (χ0n) is 16.4. The van der Waals surface area contributed by atoms with Crippen LogP contribution in [0.25, 0.3) is 0 Å². The molecule has 142 valence electrons. The molecule has 26 heavy (non-hydrogen) atoms. The van der Waals surface area contributed by atoms with Crippen molar-refractivity contribution in [3.05, 3.63) is 65.2 Å². The van der Waals surface area contributed by atoms with E-state index in [2.05, 4.69) is 43.4 Å². The van der Waals surface area contributed by atoms with E-state index in [-0.39, 0.29) is 22.9 Å². The highest BCUT2D eigenvalue weighted by molar-refractivity contribution is 5.93. The van der Waals surface area contributed by atoms with Crippen molar-refractivity contribution >= 4 is 11.6 Å². The molecule has 0 heterocycles. The smallest absolute Gasteiger partial charge is 0.279 e. The van der Waals surface area contributed by atoms with Gasteiger partial charge < -0.3 is 26.8 Å². The number of hydrogen-bond donors (Lipinski definition) is 1. The van der Waals surface area contributed by atoms with E-state index in [1.54, 1.807) is 0 Å². The number of carbonyl (C=O) groups excluding carboxylic acids is 1. The lowest BCUT2D eigenvalue weighted by Gasteiger charge is -2.36. The van der Waals surface area contributed by atoms with Gasteiger partial charge >= 0.3 is 0 Å². The fourth-order valence-electron chi connectivity index (χ4n) is 3.35. The number of rotatable bonds is 8. The van der Waals surface area contributed by atoms with Gasteiger partial charge in [0.05, 0.1) is 19.6 Å². The maximum atomic E-state index is 12.7. The van der Waals surface area contributed by atoms with Gasteiger partial charge in [-0.2, -0.15) is 0 Å². The van der Waals surface area contributed by atoms with Crippen LogP contribution in [0.3, 0.4) is 0 Å². The van der Waals surface area contributed by atoms with Gasteiger partial charge in [0.1, 0.15) is 0 Å². The maximum Gasteiger partial charge on any atom is 0.279 e. The number of likely N-dealkylation sites (N-methyl/N-ethyl adjacent to an activating group) is 1. The highest BCUT2D eigenvalue weighted by Gasteiger charge is 2.27. The molecule has 0 aliphatic carbocycles. The molecule has 0 aliphatic heterocycles. The average molecular weight is 419 g/mol. The lowest BCUT2D eigenvalue weighted by Crippen LogP contribution is -3.00. The Bertz CT molecular complexity index is 676. The van der Waals surface area contributed by atoms with E-state index >= 15 is 0 Å². The second-order valence-electron chi connectivity index (χ2n) is 6.91. The number of aryl methyl sites for hydroxylation is 2. The Balaban J connectivity index is 0.00000338. The highest BCUT2D eigenvalue weighted by Crippen LogP contribution is 2.20. The van der Waals surface area contributed by atoms with Crippen molar-refractivity contribution in [2.45, 2.75) is 34.1 Å².